The van der Waals surface area contributed by atoms with Gasteiger partial charge in [0, 0.05) is 0 Å². The number of carbonyl (C=O) groups is 3. The molecule has 0 bridgehead atoms. The topological polar surface area (TPSA) is 84.5 Å². The Labute approximate surface area is 127 Å². The number of benzene rings is 1. The quantitative estimate of drug-likeness (QED) is 0.633. The number of esters is 1. The Morgan fingerprint density at radius 2 is 1.95 bits per heavy atom. The average molecular weight is 308 g/mol. The van der Waals surface area contributed by atoms with Gasteiger partial charge in [0.05, 0.1) is 12.8 Å². The highest BCUT2D eigenvalue weighted by Crippen LogP contribution is 2.33. The fraction of sp³-hybridized carbons (Fsp3) is 0.400. The van der Waals surface area contributed by atoms with Crippen molar-refractivity contribution in [3.05, 3.63) is 30.1 Å². The van der Waals surface area contributed by atoms with Crippen LogP contribution >= 0.6 is 0 Å². The van der Waals surface area contributed by atoms with Crippen LogP contribution in [0.4, 0.5) is 10.1 Å². The maximum atomic E-state index is 13.4. The van der Waals surface area contributed by atoms with Gasteiger partial charge >= 0.3 is 17.8 Å². The van der Waals surface area contributed by atoms with Crippen LogP contribution in [-0.2, 0) is 19.1 Å². The van der Waals surface area contributed by atoms with E-state index in [-0.39, 0.29) is 5.69 Å². The normalized spacial score (nSPS) is 14.8. The molecule has 0 aromatic heterocycles. The van der Waals surface area contributed by atoms with Crippen LogP contribution in [0.3, 0.4) is 0 Å². The van der Waals surface area contributed by atoms with Gasteiger partial charge in [-0.2, -0.15) is 0 Å². The van der Waals surface area contributed by atoms with Crippen molar-refractivity contribution >= 4 is 23.5 Å². The van der Waals surface area contributed by atoms with Crippen LogP contribution < -0.4 is 10.6 Å². The number of carbonyl (C=O) groups excluding carboxylic acids is 3. The SMILES string of the molecule is COC(=O)[C@H](CC1CC1)NC(=O)C(=O)Nc1ccccc1F. The highest BCUT2D eigenvalue weighted by molar-refractivity contribution is 6.40. The molecule has 1 aliphatic carbocycles. The molecular formula is C15H17FN2O4. The zero-order valence-electron chi connectivity index (χ0n) is 12.1. The molecule has 1 atom stereocenters. The summed E-state index contributed by atoms with van der Waals surface area (Å²) in [6.07, 6.45) is 2.42. The van der Waals surface area contributed by atoms with E-state index in [0.29, 0.717) is 12.3 Å². The van der Waals surface area contributed by atoms with Gasteiger partial charge in [-0.05, 0) is 24.5 Å². The minimum Gasteiger partial charge on any atom is -0.467 e. The second-order valence-corrected chi connectivity index (χ2v) is 5.16. The van der Waals surface area contributed by atoms with Crippen molar-refractivity contribution in [1.29, 1.82) is 0 Å². The molecule has 1 fully saturated rings. The first-order chi connectivity index (χ1) is 10.5. The molecule has 1 saturated carbocycles. The summed E-state index contributed by atoms with van der Waals surface area (Å²) in [5.41, 5.74) is -0.0977. The lowest BCUT2D eigenvalue weighted by Gasteiger charge is -2.15. The lowest BCUT2D eigenvalue weighted by molar-refractivity contribution is -0.146. The highest BCUT2D eigenvalue weighted by Gasteiger charge is 2.32. The summed E-state index contributed by atoms with van der Waals surface area (Å²) in [7, 11) is 1.22. The first kappa shape index (κ1) is 15.9. The van der Waals surface area contributed by atoms with Gasteiger partial charge in [0.1, 0.15) is 11.9 Å². The number of nitrogens with one attached hydrogen (secondary N) is 2. The van der Waals surface area contributed by atoms with Crippen molar-refractivity contribution in [2.75, 3.05) is 12.4 Å². The van der Waals surface area contributed by atoms with Gasteiger partial charge in [-0.3, -0.25) is 9.59 Å². The number of hydrogen-bond acceptors (Lipinski definition) is 4. The van der Waals surface area contributed by atoms with E-state index in [9.17, 15) is 18.8 Å². The van der Waals surface area contributed by atoms with Gasteiger partial charge in [-0.15, -0.1) is 0 Å². The van der Waals surface area contributed by atoms with Crippen molar-refractivity contribution in [3.63, 3.8) is 0 Å². The van der Waals surface area contributed by atoms with E-state index in [0.717, 1.165) is 18.9 Å². The van der Waals surface area contributed by atoms with Crippen LogP contribution in [-0.4, -0.2) is 30.9 Å². The van der Waals surface area contributed by atoms with Crippen LogP contribution in [0.5, 0.6) is 0 Å². The monoisotopic (exact) mass is 308 g/mol. The largest absolute Gasteiger partial charge is 0.467 e. The molecule has 0 saturated heterocycles. The third kappa shape index (κ3) is 4.28. The number of methoxy groups -OCH3 is 1. The molecule has 2 rings (SSSR count). The molecule has 7 heteroatoms. The summed E-state index contributed by atoms with van der Waals surface area (Å²) in [4.78, 5) is 35.2. The predicted octanol–water partition coefficient (Wildman–Crippen LogP) is 1.22. The fourth-order valence-electron chi connectivity index (χ4n) is 2.01. The third-order valence-corrected chi connectivity index (χ3v) is 3.39. The van der Waals surface area contributed by atoms with Crippen molar-refractivity contribution in [1.82, 2.24) is 5.32 Å². The Balaban J connectivity index is 1.95. The van der Waals surface area contributed by atoms with E-state index in [1.165, 1.54) is 25.3 Å². The number of hydrogen-bond donors (Lipinski definition) is 2. The summed E-state index contributed by atoms with van der Waals surface area (Å²) in [6, 6.07) is 4.63. The zero-order chi connectivity index (χ0) is 16.1. The Morgan fingerprint density at radius 3 is 2.55 bits per heavy atom. The standard InChI is InChI=1S/C15H17FN2O4/c1-22-15(21)12(8-9-6-7-9)18-14(20)13(19)17-11-5-3-2-4-10(11)16/h2-5,9,12H,6-8H2,1H3,(H,17,19)(H,18,20)/t12-/m0/s1. The minimum absolute atomic E-state index is 0.0977. The number of para-hydroxylation sites is 1. The lowest BCUT2D eigenvalue weighted by Crippen LogP contribution is -2.46. The molecule has 1 aliphatic rings. The minimum atomic E-state index is -1.03. The molecule has 0 radical (unpaired) electrons. The fourth-order valence-corrected chi connectivity index (χ4v) is 2.01. The Bertz CT molecular complexity index is 587. The summed E-state index contributed by atoms with van der Waals surface area (Å²) < 4.78 is 18.0. The second kappa shape index (κ2) is 7.02. The summed E-state index contributed by atoms with van der Waals surface area (Å²) in [5, 5.41) is 4.49. The second-order valence-electron chi connectivity index (χ2n) is 5.16. The number of halogens is 1. The smallest absolute Gasteiger partial charge is 0.328 e. The molecule has 0 heterocycles. The summed E-state index contributed by atoms with van der Waals surface area (Å²) in [6.45, 7) is 0. The van der Waals surface area contributed by atoms with E-state index in [4.69, 9.17) is 0 Å². The molecule has 0 spiro atoms. The van der Waals surface area contributed by atoms with Crippen LogP contribution in [0.15, 0.2) is 24.3 Å². The first-order valence-corrected chi connectivity index (χ1v) is 6.95. The van der Waals surface area contributed by atoms with E-state index in [1.807, 2.05) is 0 Å². The molecule has 1 aromatic rings. The van der Waals surface area contributed by atoms with Crippen LogP contribution in [0, 0.1) is 11.7 Å². The van der Waals surface area contributed by atoms with Crippen molar-refractivity contribution < 1.29 is 23.5 Å². The maximum absolute atomic E-state index is 13.4. The van der Waals surface area contributed by atoms with Crippen LogP contribution in [0.2, 0.25) is 0 Å². The number of rotatable bonds is 5. The average Bonchev–Trinajstić information content (AvgIpc) is 3.32. The van der Waals surface area contributed by atoms with Gasteiger partial charge in [-0.1, -0.05) is 25.0 Å². The molecule has 2 amide bonds. The molecule has 118 valence electrons. The van der Waals surface area contributed by atoms with E-state index >= 15 is 0 Å². The lowest BCUT2D eigenvalue weighted by atomic mass is 10.1. The van der Waals surface area contributed by atoms with Gasteiger partial charge in [0.2, 0.25) is 0 Å². The number of amides is 2. The van der Waals surface area contributed by atoms with Crippen molar-refractivity contribution in [2.45, 2.75) is 25.3 Å². The van der Waals surface area contributed by atoms with Gasteiger partial charge in [0.25, 0.3) is 0 Å². The number of anilines is 1. The maximum Gasteiger partial charge on any atom is 0.328 e. The summed E-state index contributed by atoms with van der Waals surface area (Å²) in [5.74, 6) is -2.92. The van der Waals surface area contributed by atoms with Gasteiger partial charge in [-0.25, -0.2) is 9.18 Å². The van der Waals surface area contributed by atoms with Crippen LogP contribution in [0.1, 0.15) is 19.3 Å². The molecule has 6 nitrogen and oxygen atoms in total. The van der Waals surface area contributed by atoms with E-state index in [1.54, 1.807) is 0 Å². The van der Waals surface area contributed by atoms with E-state index < -0.39 is 29.6 Å². The predicted molar refractivity (Wildman–Crippen MR) is 76.3 cm³/mol. The Morgan fingerprint density at radius 1 is 1.27 bits per heavy atom. The Hall–Kier alpha value is -2.44. The zero-order valence-corrected chi connectivity index (χ0v) is 12.1. The molecule has 22 heavy (non-hydrogen) atoms. The number of ether oxygens (including phenoxy) is 1. The summed E-state index contributed by atoms with van der Waals surface area (Å²) >= 11 is 0. The van der Waals surface area contributed by atoms with Gasteiger partial charge < -0.3 is 15.4 Å². The highest BCUT2D eigenvalue weighted by atomic mass is 19.1. The molecule has 2 N–H and O–H groups in total. The molecular weight excluding hydrogens is 291 g/mol. The van der Waals surface area contributed by atoms with E-state index in [2.05, 4.69) is 15.4 Å². The van der Waals surface area contributed by atoms with Crippen molar-refractivity contribution in [3.8, 4) is 0 Å². The van der Waals surface area contributed by atoms with Crippen LogP contribution in [0.25, 0.3) is 0 Å². The van der Waals surface area contributed by atoms with Crippen molar-refractivity contribution in [2.24, 2.45) is 5.92 Å². The molecule has 0 unspecified atom stereocenters. The molecule has 1 aromatic carbocycles. The Kier molecular flexibility index (Phi) is 5.08. The third-order valence-electron chi connectivity index (χ3n) is 3.39. The van der Waals surface area contributed by atoms with Gasteiger partial charge in [0.15, 0.2) is 0 Å². The first-order valence-electron chi connectivity index (χ1n) is 6.95. The molecule has 0 aliphatic heterocycles.